The van der Waals surface area contributed by atoms with Crippen molar-refractivity contribution in [2.45, 2.75) is 51.0 Å². The van der Waals surface area contributed by atoms with Crippen molar-refractivity contribution in [2.24, 2.45) is 0 Å². The number of pyridine rings is 1. The van der Waals surface area contributed by atoms with Gasteiger partial charge in [-0.1, -0.05) is 6.07 Å². The van der Waals surface area contributed by atoms with Crippen molar-refractivity contribution in [1.29, 1.82) is 0 Å². The van der Waals surface area contributed by atoms with Gasteiger partial charge >= 0.3 is 0 Å². The monoisotopic (exact) mass is 278 g/mol. The average Bonchev–Trinajstić information content (AvgIpc) is 2.75. The van der Waals surface area contributed by atoms with Crippen LogP contribution in [0.1, 0.15) is 44.0 Å². The molecule has 0 bridgehead atoms. The second-order valence-electron chi connectivity index (χ2n) is 6.06. The molecule has 0 amide bonds. The number of H-pyrrole nitrogens is 1. The molecule has 1 aliphatic heterocycles. The molecule has 2 heterocycles. The van der Waals surface area contributed by atoms with Crippen molar-refractivity contribution < 1.29 is 9.47 Å². The minimum Gasteiger partial charge on any atom is -0.348 e. The van der Waals surface area contributed by atoms with Crippen molar-refractivity contribution in [3.63, 3.8) is 0 Å². The Bertz CT molecular complexity index is 538. The van der Waals surface area contributed by atoms with E-state index in [2.05, 4.69) is 10.3 Å². The van der Waals surface area contributed by atoms with E-state index in [1.807, 2.05) is 19.9 Å². The van der Waals surface area contributed by atoms with Crippen molar-refractivity contribution in [3.05, 3.63) is 33.7 Å². The van der Waals surface area contributed by atoms with E-state index >= 15 is 0 Å². The second-order valence-corrected chi connectivity index (χ2v) is 6.06. The molecule has 0 spiro atoms. The summed E-state index contributed by atoms with van der Waals surface area (Å²) in [7, 11) is 0. The van der Waals surface area contributed by atoms with E-state index < -0.39 is 5.79 Å². The molecular formula is C15H22N2O3. The highest BCUT2D eigenvalue weighted by Gasteiger charge is 2.33. The molecule has 5 heteroatoms. The molecule has 1 aliphatic carbocycles. The Balaban J connectivity index is 1.64. The number of hydrogen-bond acceptors (Lipinski definition) is 4. The third kappa shape index (κ3) is 2.95. The first kappa shape index (κ1) is 13.8. The molecule has 0 saturated carbocycles. The van der Waals surface area contributed by atoms with Crippen LogP contribution < -0.4 is 10.9 Å². The van der Waals surface area contributed by atoms with Crippen molar-refractivity contribution in [1.82, 2.24) is 10.3 Å². The lowest BCUT2D eigenvalue weighted by Crippen LogP contribution is -2.35. The average molecular weight is 278 g/mol. The van der Waals surface area contributed by atoms with E-state index in [9.17, 15) is 4.79 Å². The molecule has 1 aromatic rings. The molecule has 1 fully saturated rings. The first-order valence-corrected chi connectivity index (χ1v) is 7.31. The third-order valence-corrected chi connectivity index (χ3v) is 3.99. The quantitative estimate of drug-likeness (QED) is 0.879. The highest BCUT2D eigenvalue weighted by molar-refractivity contribution is 5.26. The van der Waals surface area contributed by atoms with Crippen LogP contribution in [0.3, 0.4) is 0 Å². The lowest BCUT2D eigenvalue weighted by Gasteiger charge is -2.27. The lowest BCUT2D eigenvalue weighted by atomic mass is 9.91. The number of aromatic amines is 1. The van der Waals surface area contributed by atoms with Gasteiger partial charge in [0.25, 0.3) is 0 Å². The fourth-order valence-corrected chi connectivity index (χ4v) is 3.05. The zero-order valence-electron chi connectivity index (χ0n) is 12.1. The topological polar surface area (TPSA) is 63.3 Å². The summed E-state index contributed by atoms with van der Waals surface area (Å²) in [5, 5.41) is 3.55. The van der Waals surface area contributed by atoms with Crippen LogP contribution in [0.25, 0.3) is 0 Å². The molecule has 1 saturated heterocycles. The van der Waals surface area contributed by atoms with Crippen LogP contribution in [0.2, 0.25) is 0 Å². The first-order valence-electron chi connectivity index (χ1n) is 7.31. The highest BCUT2D eigenvalue weighted by Crippen LogP contribution is 2.28. The van der Waals surface area contributed by atoms with Gasteiger partial charge in [-0.2, -0.15) is 0 Å². The second kappa shape index (κ2) is 5.31. The molecular weight excluding hydrogens is 256 g/mol. The van der Waals surface area contributed by atoms with E-state index in [-0.39, 0.29) is 11.7 Å². The summed E-state index contributed by atoms with van der Waals surface area (Å²) >= 11 is 0. The number of rotatable bonds is 3. The molecule has 2 aliphatic rings. The summed E-state index contributed by atoms with van der Waals surface area (Å²) in [4.78, 5) is 14.3. The summed E-state index contributed by atoms with van der Waals surface area (Å²) in [5.41, 5.74) is 2.28. The fraction of sp³-hybridized carbons (Fsp3) is 0.667. The van der Waals surface area contributed by atoms with Crippen LogP contribution in [0.15, 0.2) is 16.9 Å². The molecule has 0 radical (unpaired) electrons. The SMILES string of the molecule is CC1(C)OCC(CNC2CCCc3[nH]c(=O)ccc32)O1. The summed E-state index contributed by atoms with van der Waals surface area (Å²) in [6, 6.07) is 3.85. The minimum atomic E-state index is -0.470. The number of ether oxygens (including phenoxy) is 2. The van der Waals surface area contributed by atoms with Crippen LogP contribution in [0, 0.1) is 0 Å². The van der Waals surface area contributed by atoms with Gasteiger partial charge in [-0.05, 0) is 38.7 Å². The van der Waals surface area contributed by atoms with E-state index in [0.717, 1.165) is 31.5 Å². The Labute approximate surface area is 118 Å². The van der Waals surface area contributed by atoms with Gasteiger partial charge < -0.3 is 19.8 Å². The fourth-order valence-electron chi connectivity index (χ4n) is 3.05. The highest BCUT2D eigenvalue weighted by atomic mass is 16.7. The van der Waals surface area contributed by atoms with E-state index in [4.69, 9.17) is 9.47 Å². The van der Waals surface area contributed by atoms with Gasteiger partial charge in [0.2, 0.25) is 5.56 Å². The third-order valence-electron chi connectivity index (χ3n) is 3.99. The maximum atomic E-state index is 11.4. The van der Waals surface area contributed by atoms with Crippen LogP contribution >= 0.6 is 0 Å². The van der Waals surface area contributed by atoms with Crippen LogP contribution in [0.5, 0.6) is 0 Å². The van der Waals surface area contributed by atoms with E-state index in [1.54, 1.807) is 6.07 Å². The van der Waals surface area contributed by atoms with Gasteiger partial charge in [-0.15, -0.1) is 0 Å². The van der Waals surface area contributed by atoms with Crippen LogP contribution in [-0.4, -0.2) is 30.0 Å². The molecule has 5 nitrogen and oxygen atoms in total. The van der Waals surface area contributed by atoms with Gasteiger partial charge in [0, 0.05) is 24.3 Å². The summed E-state index contributed by atoms with van der Waals surface area (Å²) < 4.78 is 11.4. The maximum Gasteiger partial charge on any atom is 0.248 e. The Hall–Kier alpha value is -1.17. The predicted octanol–water partition coefficient (Wildman–Crippen LogP) is 1.49. The number of hydrogen-bond donors (Lipinski definition) is 2. The minimum absolute atomic E-state index is 0.0151. The van der Waals surface area contributed by atoms with Gasteiger partial charge in [0.15, 0.2) is 5.79 Å². The van der Waals surface area contributed by atoms with E-state index in [1.165, 1.54) is 5.56 Å². The molecule has 2 atom stereocenters. The Kier molecular flexibility index (Phi) is 3.67. The Morgan fingerprint density at radius 1 is 1.45 bits per heavy atom. The molecule has 3 rings (SSSR count). The van der Waals surface area contributed by atoms with Crippen molar-refractivity contribution in [2.75, 3.05) is 13.2 Å². The van der Waals surface area contributed by atoms with Crippen molar-refractivity contribution >= 4 is 0 Å². The first-order chi connectivity index (χ1) is 9.53. The zero-order valence-corrected chi connectivity index (χ0v) is 12.1. The summed E-state index contributed by atoms with van der Waals surface area (Å²) in [6.45, 7) is 5.28. The van der Waals surface area contributed by atoms with Gasteiger partial charge in [0.05, 0.1) is 12.7 Å². The summed E-state index contributed by atoms with van der Waals surface area (Å²) in [6.07, 6.45) is 3.24. The zero-order chi connectivity index (χ0) is 14.2. The number of aryl methyl sites for hydroxylation is 1. The molecule has 0 aromatic carbocycles. The predicted molar refractivity (Wildman–Crippen MR) is 75.6 cm³/mol. The Morgan fingerprint density at radius 3 is 3.05 bits per heavy atom. The van der Waals surface area contributed by atoms with Gasteiger partial charge in [-0.3, -0.25) is 4.79 Å². The van der Waals surface area contributed by atoms with Crippen LogP contribution in [0.4, 0.5) is 0 Å². The normalized spacial score (nSPS) is 28.3. The largest absolute Gasteiger partial charge is 0.348 e. The molecule has 1 aromatic heterocycles. The number of nitrogens with one attached hydrogen (secondary N) is 2. The lowest BCUT2D eigenvalue weighted by molar-refractivity contribution is -0.137. The standard InChI is InChI=1S/C15H22N2O3/c1-15(2)19-9-10(20-15)8-16-12-4-3-5-13-11(12)6-7-14(18)17-13/h6-7,10,12,16H,3-5,8-9H2,1-2H3,(H,17,18). The van der Waals surface area contributed by atoms with E-state index in [0.29, 0.717) is 12.6 Å². The van der Waals surface area contributed by atoms with Gasteiger partial charge in [0.1, 0.15) is 0 Å². The Morgan fingerprint density at radius 2 is 2.30 bits per heavy atom. The summed E-state index contributed by atoms with van der Waals surface area (Å²) in [5.74, 6) is -0.470. The molecule has 2 N–H and O–H groups in total. The van der Waals surface area contributed by atoms with Gasteiger partial charge in [-0.25, -0.2) is 0 Å². The maximum absolute atomic E-state index is 11.4. The molecule has 110 valence electrons. The smallest absolute Gasteiger partial charge is 0.248 e. The molecule has 20 heavy (non-hydrogen) atoms. The number of fused-ring (bicyclic) bond motifs is 1. The van der Waals surface area contributed by atoms with Crippen molar-refractivity contribution in [3.8, 4) is 0 Å². The number of aromatic nitrogens is 1. The van der Waals surface area contributed by atoms with Crippen LogP contribution in [-0.2, 0) is 15.9 Å². The molecule has 2 unspecified atom stereocenters.